The van der Waals surface area contributed by atoms with E-state index in [0.29, 0.717) is 0 Å². The van der Waals surface area contributed by atoms with E-state index < -0.39 is 13.6 Å². The molecule has 0 radical (unpaired) electrons. The molecule has 0 N–H and O–H groups in total. The van der Waals surface area contributed by atoms with Gasteiger partial charge in [-0.15, -0.1) is 0 Å². The summed E-state index contributed by atoms with van der Waals surface area (Å²) in [4.78, 5) is 0. The van der Waals surface area contributed by atoms with Crippen LogP contribution in [0.1, 0.15) is 39.5 Å². The molecule has 4 nitrogen and oxygen atoms in total. The van der Waals surface area contributed by atoms with E-state index in [1.807, 2.05) is 6.92 Å². The van der Waals surface area contributed by atoms with Crippen LogP contribution in [0.3, 0.4) is 0 Å². The van der Waals surface area contributed by atoms with E-state index >= 15 is 0 Å². The lowest BCUT2D eigenvalue weighted by Gasteiger charge is -2.35. The molecule has 0 aliphatic carbocycles. The minimum Gasteiger partial charge on any atom is -0.278 e. The molecule has 3 heterocycles. The Bertz CT molecular complexity index is 234. The van der Waals surface area contributed by atoms with Crippen molar-refractivity contribution in [1.29, 1.82) is 0 Å². The van der Waals surface area contributed by atoms with Crippen molar-refractivity contribution in [3.05, 3.63) is 0 Å². The van der Waals surface area contributed by atoms with Crippen molar-refractivity contribution in [3.63, 3.8) is 0 Å². The number of rotatable bonds is 4. The Kier molecular flexibility index (Phi) is 2.27. The van der Waals surface area contributed by atoms with E-state index in [4.69, 9.17) is 13.6 Å². The SMILES string of the molecule is CCCC1OP2(=O)OC1(CCC)O2. The molecule has 3 aliphatic heterocycles. The van der Waals surface area contributed by atoms with Crippen molar-refractivity contribution in [2.24, 2.45) is 0 Å². The van der Waals surface area contributed by atoms with Gasteiger partial charge >= 0.3 is 7.82 Å². The molecule has 3 fully saturated rings. The molecule has 2 bridgehead atoms. The first kappa shape index (κ1) is 9.66. The lowest BCUT2D eigenvalue weighted by Crippen LogP contribution is -2.43. The molecule has 76 valence electrons. The van der Waals surface area contributed by atoms with Crippen LogP contribution in [0.5, 0.6) is 0 Å². The minimum atomic E-state index is -3.08. The van der Waals surface area contributed by atoms with Gasteiger partial charge in [-0.3, -0.25) is 13.6 Å². The van der Waals surface area contributed by atoms with Gasteiger partial charge in [0.2, 0.25) is 5.79 Å². The Morgan fingerprint density at radius 2 is 2.00 bits per heavy atom. The third-order valence-electron chi connectivity index (χ3n) is 2.43. The maximum atomic E-state index is 11.4. The first-order chi connectivity index (χ1) is 6.14. The van der Waals surface area contributed by atoms with Gasteiger partial charge in [0.25, 0.3) is 0 Å². The summed E-state index contributed by atoms with van der Waals surface area (Å²) in [5.74, 6) is -0.666. The molecule has 3 rings (SSSR count). The first-order valence-corrected chi connectivity index (χ1v) is 6.30. The fourth-order valence-electron chi connectivity index (χ4n) is 1.92. The Balaban J connectivity index is 2.07. The second-order valence-electron chi connectivity index (χ2n) is 3.57. The maximum Gasteiger partial charge on any atom is 0.480 e. The van der Waals surface area contributed by atoms with Gasteiger partial charge in [-0.25, -0.2) is 4.57 Å². The molecule has 0 aromatic heterocycles. The van der Waals surface area contributed by atoms with Crippen LogP contribution in [0.4, 0.5) is 0 Å². The van der Waals surface area contributed by atoms with E-state index in [0.717, 1.165) is 25.7 Å². The summed E-state index contributed by atoms with van der Waals surface area (Å²) in [5, 5.41) is 0. The van der Waals surface area contributed by atoms with Crippen LogP contribution in [0.15, 0.2) is 0 Å². The number of phosphoric acid groups is 1. The summed E-state index contributed by atoms with van der Waals surface area (Å²) < 4.78 is 27.1. The first-order valence-electron chi connectivity index (χ1n) is 4.84. The summed E-state index contributed by atoms with van der Waals surface area (Å²) in [7, 11) is -3.08. The lowest BCUT2D eigenvalue weighted by molar-refractivity contribution is -0.188. The number of phosphoric ester groups is 1. The fraction of sp³-hybridized carbons (Fsp3) is 1.00. The quantitative estimate of drug-likeness (QED) is 0.663. The van der Waals surface area contributed by atoms with Crippen molar-refractivity contribution in [2.75, 3.05) is 0 Å². The second-order valence-corrected chi connectivity index (χ2v) is 5.04. The molecule has 0 aromatic carbocycles. The highest BCUT2D eigenvalue weighted by atomic mass is 31.2. The molecule has 1 atom stereocenters. The molecule has 0 amide bonds. The molecule has 0 saturated carbocycles. The Hall–Kier alpha value is 0.110. The average Bonchev–Trinajstić information content (AvgIpc) is 2.38. The zero-order valence-corrected chi connectivity index (χ0v) is 8.88. The van der Waals surface area contributed by atoms with Crippen molar-refractivity contribution in [3.8, 4) is 0 Å². The van der Waals surface area contributed by atoms with Gasteiger partial charge in [0, 0.05) is 6.42 Å². The predicted molar refractivity (Wildman–Crippen MR) is 47.2 cm³/mol. The fourth-order valence-corrected chi connectivity index (χ4v) is 3.77. The molecule has 1 unspecified atom stereocenters. The van der Waals surface area contributed by atoms with Crippen molar-refractivity contribution in [1.82, 2.24) is 0 Å². The smallest absolute Gasteiger partial charge is 0.278 e. The highest BCUT2D eigenvalue weighted by Gasteiger charge is 2.69. The van der Waals surface area contributed by atoms with Gasteiger partial charge in [-0.1, -0.05) is 26.7 Å². The van der Waals surface area contributed by atoms with Gasteiger partial charge in [-0.2, -0.15) is 0 Å². The van der Waals surface area contributed by atoms with Crippen LogP contribution in [0.25, 0.3) is 0 Å². The van der Waals surface area contributed by atoms with Gasteiger partial charge in [0.1, 0.15) is 6.10 Å². The normalized spacial score (nSPS) is 47.7. The van der Waals surface area contributed by atoms with Crippen molar-refractivity contribution >= 4 is 7.82 Å². The minimum absolute atomic E-state index is 0.122. The summed E-state index contributed by atoms with van der Waals surface area (Å²) in [6.45, 7) is 4.11. The van der Waals surface area contributed by atoms with Crippen molar-refractivity contribution in [2.45, 2.75) is 51.4 Å². The third-order valence-corrected chi connectivity index (χ3v) is 4.01. The molecular weight excluding hydrogens is 191 g/mol. The van der Waals surface area contributed by atoms with Crippen LogP contribution in [0, 0.1) is 0 Å². The second kappa shape index (κ2) is 3.06. The van der Waals surface area contributed by atoms with Gasteiger partial charge in [0.15, 0.2) is 0 Å². The number of hydrogen-bond acceptors (Lipinski definition) is 4. The van der Waals surface area contributed by atoms with E-state index in [-0.39, 0.29) is 6.10 Å². The molecule has 13 heavy (non-hydrogen) atoms. The summed E-state index contributed by atoms with van der Waals surface area (Å²) >= 11 is 0. The van der Waals surface area contributed by atoms with E-state index in [2.05, 4.69) is 6.92 Å². The zero-order valence-electron chi connectivity index (χ0n) is 7.99. The van der Waals surface area contributed by atoms with Crippen LogP contribution in [0.2, 0.25) is 0 Å². The van der Waals surface area contributed by atoms with E-state index in [9.17, 15) is 4.57 Å². The lowest BCUT2D eigenvalue weighted by atomic mass is 10.0. The molecule has 5 heteroatoms. The Labute approximate surface area is 78.2 Å². The Morgan fingerprint density at radius 1 is 1.31 bits per heavy atom. The third kappa shape index (κ3) is 1.37. The number of hydrogen-bond donors (Lipinski definition) is 0. The topological polar surface area (TPSA) is 44.8 Å². The zero-order chi connectivity index (χ0) is 9.53. The monoisotopic (exact) mass is 206 g/mol. The Morgan fingerprint density at radius 3 is 2.54 bits per heavy atom. The molecular formula is C8H15O4P. The molecule has 0 aromatic rings. The van der Waals surface area contributed by atoms with Crippen LogP contribution in [-0.4, -0.2) is 11.9 Å². The van der Waals surface area contributed by atoms with Crippen LogP contribution < -0.4 is 0 Å². The van der Waals surface area contributed by atoms with Crippen molar-refractivity contribution < 1.29 is 18.1 Å². The van der Waals surface area contributed by atoms with E-state index in [1.54, 1.807) is 0 Å². The largest absolute Gasteiger partial charge is 0.480 e. The van der Waals surface area contributed by atoms with Gasteiger partial charge in [-0.05, 0) is 6.42 Å². The van der Waals surface area contributed by atoms with Crippen LogP contribution in [-0.2, 0) is 18.1 Å². The highest BCUT2D eigenvalue weighted by molar-refractivity contribution is 7.50. The molecule has 0 spiro atoms. The maximum absolute atomic E-state index is 11.4. The van der Waals surface area contributed by atoms with Gasteiger partial charge < -0.3 is 0 Å². The average molecular weight is 206 g/mol. The standard InChI is InChI=1S/C8H15O4P/c1-3-5-7-8(6-4-2)11-13(9,10-7)12-8/h7H,3-6H2,1-2H3. The summed E-state index contributed by atoms with van der Waals surface area (Å²) in [6, 6.07) is 0. The summed E-state index contributed by atoms with van der Waals surface area (Å²) in [6.07, 6.45) is 3.43. The van der Waals surface area contributed by atoms with Crippen LogP contribution >= 0.6 is 7.82 Å². The number of fused-ring (bicyclic) bond motifs is 1. The summed E-state index contributed by atoms with van der Waals surface area (Å²) in [5.41, 5.74) is 0. The van der Waals surface area contributed by atoms with Gasteiger partial charge in [0.05, 0.1) is 0 Å². The molecule has 3 saturated heterocycles. The molecule has 3 aliphatic rings. The predicted octanol–water partition coefficient (Wildman–Crippen LogP) is 2.84. The van der Waals surface area contributed by atoms with E-state index in [1.165, 1.54) is 0 Å². The highest BCUT2D eigenvalue weighted by Crippen LogP contribution is 2.75.